The second-order valence-corrected chi connectivity index (χ2v) is 5.85. The van der Waals surface area contributed by atoms with Crippen LogP contribution in [-0.2, 0) is 5.41 Å². The Morgan fingerprint density at radius 3 is 2.29 bits per heavy atom. The minimum absolute atomic E-state index is 0.0629. The normalized spacial score (nSPS) is 17.4. The summed E-state index contributed by atoms with van der Waals surface area (Å²) in [6.45, 7) is 0. The second kappa shape index (κ2) is 5.80. The van der Waals surface area contributed by atoms with Crippen molar-refractivity contribution in [3.05, 3.63) is 71.5 Å². The van der Waals surface area contributed by atoms with Gasteiger partial charge in [-0.25, -0.2) is 4.39 Å². The maximum Gasteiger partial charge on any atom is 0.173 e. The Labute approximate surface area is 124 Å². The zero-order chi connectivity index (χ0) is 14.7. The van der Waals surface area contributed by atoms with Gasteiger partial charge in [0, 0.05) is 5.56 Å². The van der Waals surface area contributed by atoms with Crippen molar-refractivity contribution in [2.45, 2.75) is 37.5 Å². The van der Waals surface area contributed by atoms with Crippen molar-refractivity contribution in [2.24, 2.45) is 0 Å². The molecule has 1 aliphatic rings. The van der Waals surface area contributed by atoms with Crippen molar-refractivity contribution in [2.75, 3.05) is 0 Å². The van der Waals surface area contributed by atoms with Gasteiger partial charge in [-0.05, 0) is 30.5 Å². The van der Waals surface area contributed by atoms with E-state index < -0.39 is 5.41 Å². The average molecular weight is 282 g/mol. The number of hydrogen-bond acceptors (Lipinski definition) is 1. The number of Topliss-reactive ketones (excluding diaryl/α,β-unsaturated/α-hetero) is 1. The first-order valence-electron chi connectivity index (χ1n) is 7.58. The van der Waals surface area contributed by atoms with Crippen LogP contribution in [0.1, 0.15) is 48.0 Å². The molecule has 2 heteroatoms. The molecule has 0 atom stereocenters. The first kappa shape index (κ1) is 14.0. The molecule has 3 rings (SSSR count). The van der Waals surface area contributed by atoms with Gasteiger partial charge in [0.25, 0.3) is 0 Å². The number of halogens is 1. The van der Waals surface area contributed by atoms with Crippen LogP contribution in [-0.4, -0.2) is 5.78 Å². The third-order valence-corrected chi connectivity index (χ3v) is 4.55. The number of rotatable bonds is 3. The molecule has 2 aromatic rings. The predicted octanol–water partition coefficient (Wildman–Crippen LogP) is 4.91. The fourth-order valence-corrected chi connectivity index (χ4v) is 3.47. The maximum absolute atomic E-state index is 13.5. The molecule has 0 N–H and O–H groups in total. The Bertz CT molecular complexity index is 627. The van der Waals surface area contributed by atoms with Crippen molar-refractivity contribution >= 4 is 5.78 Å². The van der Waals surface area contributed by atoms with E-state index in [0.29, 0.717) is 5.56 Å². The first-order valence-corrected chi connectivity index (χ1v) is 7.58. The zero-order valence-corrected chi connectivity index (χ0v) is 12.0. The number of benzene rings is 2. The predicted molar refractivity (Wildman–Crippen MR) is 81.9 cm³/mol. The van der Waals surface area contributed by atoms with E-state index in [2.05, 4.69) is 0 Å². The summed E-state index contributed by atoms with van der Waals surface area (Å²) in [5.41, 5.74) is 1.08. The first-order chi connectivity index (χ1) is 10.2. The van der Waals surface area contributed by atoms with E-state index in [-0.39, 0.29) is 11.6 Å². The monoisotopic (exact) mass is 282 g/mol. The molecular weight excluding hydrogens is 263 g/mol. The van der Waals surface area contributed by atoms with Gasteiger partial charge in [0.15, 0.2) is 5.78 Å². The van der Waals surface area contributed by atoms with Crippen LogP contribution in [0, 0.1) is 5.82 Å². The molecule has 1 fully saturated rings. The van der Waals surface area contributed by atoms with E-state index in [1.165, 1.54) is 18.6 Å². The summed E-state index contributed by atoms with van der Waals surface area (Å²) >= 11 is 0. The lowest BCUT2D eigenvalue weighted by atomic mass is 9.65. The van der Waals surface area contributed by atoms with E-state index in [1.54, 1.807) is 12.1 Å². The molecule has 1 aliphatic carbocycles. The maximum atomic E-state index is 13.5. The minimum atomic E-state index is -0.479. The van der Waals surface area contributed by atoms with Crippen molar-refractivity contribution in [1.29, 1.82) is 0 Å². The molecule has 0 aromatic heterocycles. The average Bonchev–Trinajstić information content (AvgIpc) is 2.55. The highest BCUT2D eigenvalue weighted by atomic mass is 19.1. The molecule has 108 valence electrons. The van der Waals surface area contributed by atoms with Crippen molar-refractivity contribution in [3.63, 3.8) is 0 Å². The van der Waals surface area contributed by atoms with Gasteiger partial charge in [0.1, 0.15) is 5.82 Å². The molecule has 0 amide bonds. The van der Waals surface area contributed by atoms with Gasteiger partial charge in [0.05, 0.1) is 5.41 Å². The summed E-state index contributed by atoms with van der Waals surface area (Å²) in [5.74, 6) is -0.284. The third kappa shape index (κ3) is 2.63. The Kier molecular flexibility index (Phi) is 3.87. The van der Waals surface area contributed by atoms with Gasteiger partial charge in [-0.1, -0.05) is 61.7 Å². The summed E-state index contributed by atoms with van der Waals surface area (Å²) < 4.78 is 13.5. The Morgan fingerprint density at radius 2 is 1.62 bits per heavy atom. The van der Waals surface area contributed by atoms with Gasteiger partial charge in [0.2, 0.25) is 0 Å². The summed E-state index contributed by atoms with van der Waals surface area (Å²) in [7, 11) is 0. The molecule has 0 unspecified atom stereocenters. The van der Waals surface area contributed by atoms with Crippen LogP contribution in [0.2, 0.25) is 0 Å². The number of hydrogen-bond donors (Lipinski definition) is 0. The zero-order valence-electron chi connectivity index (χ0n) is 12.0. The van der Waals surface area contributed by atoms with Crippen LogP contribution in [0.4, 0.5) is 4.39 Å². The molecule has 0 bridgehead atoms. The van der Waals surface area contributed by atoms with Crippen molar-refractivity contribution in [1.82, 2.24) is 0 Å². The topological polar surface area (TPSA) is 17.1 Å². The third-order valence-electron chi connectivity index (χ3n) is 4.55. The lowest BCUT2D eigenvalue weighted by Crippen LogP contribution is -2.38. The SMILES string of the molecule is O=C(c1cccc(F)c1)C1(c2ccccc2)CCCCC1. The smallest absolute Gasteiger partial charge is 0.173 e. The summed E-state index contributed by atoms with van der Waals surface area (Å²) in [5, 5.41) is 0. The van der Waals surface area contributed by atoms with Gasteiger partial charge >= 0.3 is 0 Å². The fourth-order valence-electron chi connectivity index (χ4n) is 3.47. The second-order valence-electron chi connectivity index (χ2n) is 5.85. The number of carbonyl (C=O) groups excluding carboxylic acids is 1. The minimum Gasteiger partial charge on any atom is -0.293 e. The molecule has 1 nitrogen and oxygen atoms in total. The highest BCUT2D eigenvalue weighted by Gasteiger charge is 2.41. The van der Waals surface area contributed by atoms with Crippen LogP contribution < -0.4 is 0 Å². The van der Waals surface area contributed by atoms with Crippen LogP contribution >= 0.6 is 0 Å². The Balaban J connectivity index is 2.06. The van der Waals surface area contributed by atoms with E-state index >= 15 is 0 Å². The van der Waals surface area contributed by atoms with Gasteiger partial charge in [-0.2, -0.15) is 0 Å². The van der Waals surface area contributed by atoms with Gasteiger partial charge < -0.3 is 0 Å². The van der Waals surface area contributed by atoms with Crippen LogP contribution in [0.25, 0.3) is 0 Å². The molecule has 0 heterocycles. The molecule has 0 spiro atoms. The quantitative estimate of drug-likeness (QED) is 0.731. The summed E-state index contributed by atoms with van der Waals surface area (Å²) in [6.07, 6.45) is 4.98. The van der Waals surface area contributed by atoms with Crippen LogP contribution in [0.3, 0.4) is 0 Å². The lowest BCUT2D eigenvalue weighted by molar-refractivity contribution is 0.0839. The Morgan fingerprint density at radius 1 is 0.905 bits per heavy atom. The summed E-state index contributed by atoms with van der Waals surface area (Å²) in [4.78, 5) is 13.1. The largest absolute Gasteiger partial charge is 0.293 e. The highest BCUT2D eigenvalue weighted by Crippen LogP contribution is 2.42. The van der Waals surface area contributed by atoms with E-state index in [1.807, 2.05) is 30.3 Å². The standard InChI is InChI=1S/C19H19FO/c20-17-11-7-8-15(14-17)18(21)19(12-5-2-6-13-19)16-9-3-1-4-10-16/h1,3-4,7-11,14H,2,5-6,12-13H2. The van der Waals surface area contributed by atoms with E-state index in [9.17, 15) is 9.18 Å². The molecule has 0 aliphatic heterocycles. The van der Waals surface area contributed by atoms with Crippen molar-refractivity contribution in [3.8, 4) is 0 Å². The van der Waals surface area contributed by atoms with Crippen molar-refractivity contribution < 1.29 is 9.18 Å². The van der Waals surface area contributed by atoms with Gasteiger partial charge in [-0.3, -0.25) is 4.79 Å². The van der Waals surface area contributed by atoms with Crippen LogP contribution in [0.5, 0.6) is 0 Å². The molecule has 1 saturated carbocycles. The van der Waals surface area contributed by atoms with Crippen LogP contribution in [0.15, 0.2) is 54.6 Å². The molecule has 0 radical (unpaired) electrons. The van der Waals surface area contributed by atoms with E-state index in [0.717, 1.165) is 31.2 Å². The van der Waals surface area contributed by atoms with Gasteiger partial charge in [-0.15, -0.1) is 0 Å². The molecule has 2 aromatic carbocycles. The lowest BCUT2D eigenvalue weighted by Gasteiger charge is -2.36. The molecular formula is C19H19FO. The number of carbonyl (C=O) groups is 1. The van der Waals surface area contributed by atoms with E-state index in [4.69, 9.17) is 0 Å². The molecule has 0 saturated heterocycles. The molecule has 21 heavy (non-hydrogen) atoms. The number of ketones is 1. The fraction of sp³-hybridized carbons (Fsp3) is 0.316. The summed E-state index contributed by atoms with van der Waals surface area (Å²) in [6, 6.07) is 16.1. The highest BCUT2D eigenvalue weighted by molar-refractivity contribution is 6.04. The Hall–Kier alpha value is -1.96.